The van der Waals surface area contributed by atoms with Crippen LogP contribution in [0, 0.1) is 0 Å². The molecule has 2 aromatic rings. The molecule has 0 spiro atoms. The third-order valence-electron chi connectivity index (χ3n) is 7.30. The van der Waals surface area contributed by atoms with Gasteiger partial charge in [-0.25, -0.2) is 0 Å². The van der Waals surface area contributed by atoms with Crippen LogP contribution in [0.4, 0.5) is 0 Å². The van der Waals surface area contributed by atoms with E-state index in [0.29, 0.717) is 8.45 Å². The SMILES string of the molecule is CC1=C(C)[CH]([Ti]([CH3])([CH3])(=[SiH2])[CH]2C(C)=C(C)c3ccccc32)c2ccccc21. The summed E-state index contributed by atoms with van der Waals surface area (Å²) in [7, 11) is 2.41. The molecule has 2 aliphatic rings. The van der Waals surface area contributed by atoms with Crippen LogP contribution in [-0.4, -0.2) is 7.63 Å². The Hall–Kier alpha value is -1.15. The Labute approximate surface area is 160 Å². The zero-order valence-corrected chi connectivity index (χ0v) is 20.0. The molecule has 2 heteroatoms. The standard InChI is InChI=1S/2C11H11.2CH3.H2Si.Ti/c2*1-8-7-10-5-3-4-6-11(10)9(8)2;;;;/h2*3-7H,1-2H3;2*1H3;1H2;. The van der Waals surface area contributed by atoms with Gasteiger partial charge in [0.15, 0.2) is 0 Å². The Morgan fingerprint density at radius 1 is 0.654 bits per heavy atom. The summed E-state index contributed by atoms with van der Waals surface area (Å²) in [6, 6.07) is 18.3. The summed E-state index contributed by atoms with van der Waals surface area (Å²) in [6.45, 7) is 9.46. The maximum absolute atomic E-state index is 2.99. The fourth-order valence-electron chi connectivity index (χ4n) is 6.12. The Morgan fingerprint density at radius 3 is 1.38 bits per heavy atom. The van der Waals surface area contributed by atoms with Gasteiger partial charge >= 0.3 is 161 Å². The van der Waals surface area contributed by atoms with Crippen LogP contribution in [0.2, 0.25) is 10.5 Å². The number of hydrogen-bond donors (Lipinski definition) is 0. The summed E-state index contributed by atoms with van der Waals surface area (Å²) in [5.74, 6) is 0. The predicted molar refractivity (Wildman–Crippen MR) is 115 cm³/mol. The van der Waals surface area contributed by atoms with Crippen molar-refractivity contribution in [2.75, 3.05) is 0 Å². The van der Waals surface area contributed by atoms with Crippen LogP contribution in [0.15, 0.2) is 59.7 Å². The fourth-order valence-corrected chi connectivity index (χ4v) is 20.1. The van der Waals surface area contributed by atoms with Gasteiger partial charge in [-0.15, -0.1) is 0 Å². The molecular weight excluding hydrogens is 364 g/mol. The molecule has 134 valence electrons. The molecule has 2 aliphatic carbocycles. The second kappa shape index (κ2) is 5.67. The van der Waals surface area contributed by atoms with Crippen molar-refractivity contribution in [3.63, 3.8) is 0 Å². The van der Waals surface area contributed by atoms with Crippen molar-refractivity contribution in [1.82, 2.24) is 0 Å². The number of rotatable bonds is 2. The van der Waals surface area contributed by atoms with Crippen LogP contribution in [0.1, 0.15) is 58.4 Å². The van der Waals surface area contributed by atoms with Gasteiger partial charge in [0.25, 0.3) is 0 Å². The van der Waals surface area contributed by atoms with Crippen molar-refractivity contribution in [3.8, 4) is 0 Å². The van der Waals surface area contributed by atoms with Gasteiger partial charge < -0.3 is 0 Å². The molecule has 0 bridgehead atoms. The fraction of sp³-hybridized carbons (Fsp3) is 0.333. The molecule has 0 amide bonds. The van der Waals surface area contributed by atoms with E-state index in [1.807, 2.05) is 0 Å². The number of fused-ring (bicyclic) bond motifs is 2. The molecule has 0 nitrogen and oxygen atoms in total. The van der Waals surface area contributed by atoms with E-state index in [2.05, 4.69) is 94.3 Å². The summed E-state index contributed by atoms with van der Waals surface area (Å²) in [5, 5.41) is 5.39. The molecule has 0 aliphatic heterocycles. The third kappa shape index (κ3) is 2.30. The molecule has 2 atom stereocenters. The van der Waals surface area contributed by atoms with Crippen LogP contribution in [0.25, 0.3) is 11.1 Å². The molecule has 2 aromatic carbocycles. The van der Waals surface area contributed by atoms with Gasteiger partial charge in [-0.2, -0.15) is 0 Å². The monoisotopic (exact) mass is 394 g/mol. The van der Waals surface area contributed by atoms with Crippen molar-refractivity contribution >= 4 is 18.8 Å². The van der Waals surface area contributed by atoms with Gasteiger partial charge in [0.2, 0.25) is 0 Å². The van der Waals surface area contributed by atoms with Crippen molar-refractivity contribution in [3.05, 3.63) is 81.9 Å². The molecule has 0 heterocycles. The van der Waals surface area contributed by atoms with Crippen LogP contribution < -0.4 is 0 Å². The third-order valence-corrected chi connectivity index (χ3v) is 18.9. The summed E-state index contributed by atoms with van der Waals surface area (Å²) >= 11 is -2.99. The average molecular weight is 394 g/mol. The molecule has 0 aromatic heterocycles. The van der Waals surface area contributed by atoms with Crippen LogP contribution in [-0.2, 0) is 14.0 Å². The summed E-state index contributed by atoms with van der Waals surface area (Å²) in [6.07, 6.45) is 0. The van der Waals surface area contributed by atoms with Gasteiger partial charge in [-0.1, -0.05) is 0 Å². The Morgan fingerprint density at radius 2 is 1.00 bits per heavy atom. The Balaban J connectivity index is 1.99. The van der Waals surface area contributed by atoms with Gasteiger partial charge in [-0.3, -0.25) is 0 Å². The molecule has 0 N–H and O–H groups in total. The van der Waals surface area contributed by atoms with E-state index in [-0.39, 0.29) is 0 Å². The molecule has 0 radical (unpaired) electrons. The minimum atomic E-state index is -2.99. The summed E-state index contributed by atoms with van der Waals surface area (Å²) in [4.78, 5) is 0. The maximum atomic E-state index is 2.70. The predicted octanol–water partition coefficient (Wildman–Crippen LogP) is 6.42. The van der Waals surface area contributed by atoms with E-state index < -0.39 is 14.0 Å². The van der Waals surface area contributed by atoms with Gasteiger partial charge in [0, 0.05) is 0 Å². The van der Waals surface area contributed by atoms with E-state index in [0.717, 1.165) is 0 Å². The Bertz CT molecular complexity index is 982. The molecule has 4 rings (SSSR count). The molecular formula is C24H30SiTi. The number of allylic oxidation sites excluding steroid dienone is 4. The van der Waals surface area contributed by atoms with Gasteiger partial charge in [-0.05, 0) is 0 Å². The van der Waals surface area contributed by atoms with Crippen LogP contribution >= 0.6 is 0 Å². The van der Waals surface area contributed by atoms with Crippen molar-refractivity contribution in [1.29, 1.82) is 0 Å². The van der Waals surface area contributed by atoms with E-state index in [1.165, 1.54) is 22.3 Å². The summed E-state index contributed by atoms with van der Waals surface area (Å²) in [5.41, 5.74) is 12.4. The second-order valence-electron chi connectivity index (χ2n) is 9.59. The molecule has 2 unspecified atom stereocenters. The topological polar surface area (TPSA) is 0 Å². The first kappa shape index (κ1) is 18.2. The molecule has 0 fully saturated rings. The second-order valence-corrected chi connectivity index (χ2v) is 29.8. The van der Waals surface area contributed by atoms with Crippen LogP contribution in [0.5, 0.6) is 0 Å². The number of benzene rings is 2. The first-order chi connectivity index (χ1) is 12.1. The first-order valence-corrected chi connectivity index (χ1v) is 18.7. The summed E-state index contributed by atoms with van der Waals surface area (Å²) < 4.78 is 1.25. The van der Waals surface area contributed by atoms with E-state index >= 15 is 0 Å². The van der Waals surface area contributed by atoms with Crippen molar-refractivity contribution in [2.45, 2.75) is 46.6 Å². The zero-order valence-electron chi connectivity index (χ0n) is 17.0. The zero-order chi connectivity index (χ0) is 18.9. The minimum absolute atomic E-state index is 0.625. The van der Waals surface area contributed by atoms with Crippen LogP contribution in [0.3, 0.4) is 0 Å². The van der Waals surface area contributed by atoms with E-state index in [4.69, 9.17) is 0 Å². The van der Waals surface area contributed by atoms with E-state index in [9.17, 15) is 0 Å². The van der Waals surface area contributed by atoms with Gasteiger partial charge in [0.1, 0.15) is 0 Å². The average Bonchev–Trinajstić information content (AvgIpc) is 3.01. The van der Waals surface area contributed by atoms with E-state index in [1.54, 1.807) is 22.3 Å². The quantitative estimate of drug-likeness (QED) is 0.516. The Kier molecular flexibility index (Phi) is 3.98. The van der Waals surface area contributed by atoms with Crippen molar-refractivity contribution < 1.29 is 14.0 Å². The molecule has 0 saturated carbocycles. The number of hydrogen-bond acceptors (Lipinski definition) is 0. The normalized spacial score (nSPS) is 22.7. The molecule has 0 saturated heterocycles. The van der Waals surface area contributed by atoms with Gasteiger partial charge in [0.05, 0.1) is 0 Å². The van der Waals surface area contributed by atoms with Crippen molar-refractivity contribution in [2.24, 2.45) is 0 Å². The first-order valence-electron chi connectivity index (χ1n) is 9.74. The molecule has 26 heavy (non-hydrogen) atoms.